The third-order valence-electron chi connectivity index (χ3n) is 3.20. The van der Waals surface area contributed by atoms with E-state index >= 15 is 0 Å². The molecule has 0 amide bonds. The number of anilines is 1. The second kappa shape index (κ2) is 4.89. The van der Waals surface area contributed by atoms with Crippen LogP contribution in [-0.4, -0.2) is 9.55 Å². The lowest BCUT2D eigenvalue weighted by atomic mass is 10.2. The van der Waals surface area contributed by atoms with Gasteiger partial charge in [0.25, 0.3) is 0 Å². The number of imidazole rings is 1. The van der Waals surface area contributed by atoms with Crippen molar-refractivity contribution in [1.29, 1.82) is 0 Å². The monoisotopic (exact) mass is 401 g/mol. The molecule has 0 atom stereocenters. The predicted molar refractivity (Wildman–Crippen MR) is 87.9 cm³/mol. The lowest BCUT2D eigenvalue weighted by Gasteiger charge is -2.11. The highest BCUT2D eigenvalue weighted by Crippen LogP contribution is 2.30. The van der Waals surface area contributed by atoms with Crippen molar-refractivity contribution < 1.29 is 4.39 Å². The van der Waals surface area contributed by atoms with Crippen molar-refractivity contribution >= 4 is 51.2 Å². The number of aromatic nitrogens is 2. The average molecular weight is 402 g/mol. The average Bonchev–Trinajstić information content (AvgIpc) is 2.69. The number of nitrogen functional groups attached to an aromatic ring is 1. The fourth-order valence-electron chi connectivity index (χ4n) is 2.18. The highest BCUT2D eigenvalue weighted by Gasteiger charge is 2.15. The van der Waals surface area contributed by atoms with Gasteiger partial charge in [-0.1, -0.05) is 17.7 Å². The molecule has 0 aliphatic rings. The Balaban J connectivity index is 2.39. The molecule has 0 saturated carbocycles. The van der Waals surface area contributed by atoms with E-state index in [1.165, 1.54) is 6.07 Å². The first-order valence-corrected chi connectivity index (χ1v) is 7.33. The molecule has 0 aliphatic heterocycles. The Bertz CT molecular complexity index is 829. The third kappa shape index (κ3) is 2.05. The minimum absolute atomic E-state index is 0.293. The molecule has 2 aromatic carbocycles. The van der Waals surface area contributed by atoms with Crippen LogP contribution < -0.4 is 5.73 Å². The summed E-state index contributed by atoms with van der Waals surface area (Å²) in [6.07, 6.45) is 0. The number of nitrogens with zero attached hydrogens (tertiary/aromatic N) is 2. The van der Waals surface area contributed by atoms with Gasteiger partial charge in [0.2, 0.25) is 5.95 Å². The minimum Gasteiger partial charge on any atom is -0.369 e. The zero-order valence-electron chi connectivity index (χ0n) is 10.5. The van der Waals surface area contributed by atoms with Gasteiger partial charge in [-0.05, 0) is 53.3 Å². The van der Waals surface area contributed by atoms with E-state index < -0.39 is 0 Å². The Morgan fingerprint density at radius 3 is 2.85 bits per heavy atom. The van der Waals surface area contributed by atoms with Crippen LogP contribution in [-0.2, 0) is 0 Å². The molecule has 0 radical (unpaired) electrons. The molecular weight excluding hydrogens is 392 g/mol. The van der Waals surface area contributed by atoms with Crippen molar-refractivity contribution in [3.63, 3.8) is 0 Å². The van der Waals surface area contributed by atoms with E-state index in [0.717, 1.165) is 11.3 Å². The summed E-state index contributed by atoms with van der Waals surface area (Å²) >= 11 is 8.07. The normalized spacial score (nSPS) is 11.2. The molecule has 1 aromatic heterocycles. The van der Waals surface area contributed by atoms with Crippen LogP contribution in [0, 0.1) is 16.3 Å². The number of halogens is 3. The largest absolute Gasteiger partial charge is 0.369 e. The fraction of sp³-hybridized carbons (Fsp3) is 0.0714. The number of hydrogen-bond acceptors (Lipinski definition) is 2. The Morgan fingerprint density at radius 1 is 1.35 bits per heavy atom. The van der Waals surface area contributed by atoms with Gasteiger partial charge in [-0.15, -0.1) is 0 Å². The van der Waals surface area contributed by atoms with Crippen LogP contribution in [0.4, 0.5) is 10.3 Å². The van der Waals surface area contributed by atoms with E-state index in [9.17, 15) is 4.39 Å². The second-order valence-corrected chi connectivity index (χ2v) is 6.01. The Morgan fingerprint density at radius 2 is 2.10 bits per heavy atom. The van der Waals surface area contributed by atoms with Crippen molar-refractivity contribution in [2.75, 3.05) is 5.73 Å². The number of nitrogens with two attached hydrogens (primary N) is 1. The number of benzene rings is 2. The number of hydrogen-bond donors (Lipinski definition) is 1. The first-order valence-electron chi connectivity index (χ1n) is 5.87. The molecule has 102 valence electrons. The summed E-state index contributed by atoms with van der Waals surface area (Å²) in [5, 5.41) is 0.634. The van der Waals surface area contributed by atoms with Crippen LogP contribution in [0.25, 0.3) is 16.7 Å². The Labute approximate surface area is 133 Å². The summed E-state index contributed by atoms with van der Waals surface area (Å²) in [6.45, 7) is 1.89. The Hall–Kier alpha value is -1.34. The zero-order valence-corrected chi connectivity index (χ0v) is 13.4. The zero-order chi connectivity index (χ0) is 14.4. The van der Waals surface area contributed by atoms with E-state index in [4.69, 9.17) is 17.3 Å². The van der Waals surface area contributed by atoms with Crippen LogP contribution in [0.5, 0.6) is 0 Å². The van der Waals surface area contributed by atoms with Crippen molar-refractivity contribution in [2.45, 2.75) is 6.92 Å². The molecule has 0 unspecified atom stereocenters. The smallest absolute Gasteiger partial charge is 0.205 e. The van der Waals surface area contributed by atoms with E-state index in [1.807, 2.05) is 41.6 Å². The van der Waals surface area contributed by atoms with Crippen molar-refractivity contribution in [3.05, 3.63) is 50.3 Å². The first kappa shape index (κ1) is 13.6. The van der Waals surface area contributed by atoms with Crippen molar-refractivity contribution in [1.82, 2.24) is 9.55 Å². The fourth-order valence-corrected chi connectivity index (χ4v) is 2.80. The molecule has 3 rings (SSSR count). The summed E-state index contributed by atoms with van der Waals surface area (Å²) in [5.74, 6) is 0.0192. The maximum atomic E-state index is 13.8. The summed E-state index contributed by atoms with van der Waals surface area (Å²) < 4.78 is 16.1. The summed E-state index contributed by atoms with van der Waals surface area (Å²) in [4.78, 5) is 4.29. The van der Waals surface area contributed by atoms with Gasteiger partial charge >= 0.3 is 0 Å². The third-order valence-corrected chi connectivity index (χ3v) is 4.44. The van der Waals surface area contributed by atoms with Gasteiger partial charge in [0.05, 0.1) is 20.3 Å². The van der Waals surface area contributed by atoms with E-state index in [1.54, 1.807) is 16.7 Å². The molecule has 0 aliphatic carbocycles. The summed E-state index contributed by atoms with van der Waals surface area (Å²) in [7, 11) is 0. The van der Waals surface area contributed by atoms with E-state index in [-0.39, 0.29) is 5.82 Å². The highest BCUT2D eigenvalue weighted by atomic mass is 127. The minimum atomic E-state index is -0.293. The molecule has 0 spiro atoms. The van der Waals surface area contributed by atoms with Crippen LogP contribution in [0.3, 0.4) is 0 Å². The van der Waals surface area contributed by atoms with E-state index in [0.29, 0.717) is 25.6 Å². The standard InChI is InChI=1S/C14H10ClFIN3/c1-7-8(15)3-2-4-12(7)20-13-5-9(16)10(17)6-11(13)19-14(20)18/h2-6H,1H3,(H2,18,19). The van der Waals surface area contributed by atoms with E-state index in [2.05, 4.69) is 4.98 Å². The first-order chi connectivity index (χ1) is 9.49. The predicted octanol–water partition coefficient (Wildman–Crippen LogP) is 4.31. The molecule has 20 heavy (non-hydrogen) atoms. The lowest BCUT2D eigenvalue weighted by molar-refractivity contribution is 0.622. The molecule has 0 bridgehead atoms. The molecule has 6 heteroatoms. The molecular formula is C14H10ClFIN3. The molecule has 0 fully saturated rings. The van der Waals surface area contributed by atoms with Gasteiger partial charge in [0.1, 0.15) is 5.82 Å². The molecule has 0 saturated heterocycles. The van der Waals surface area contributed by atoms with Crippen molar-refractivity contribution in [2.24, 2.45) is 0 Å². The van der Waals surface area contributed by atoms with Crippen LogP contribution in [0.1, 0.15) is 5.56 Å². The second-order valence-electron chi connectivity index (χ2n) is 4.44. The topological polar surface area (TPSA) is 43.8 Å². The molecule has 1 heterocycles. The summed E-state index contributed by atoms with van der Waals surface area (Å²) in [6, 6.07) is 8.64. The lowest BCUT2D eigenvalue weighted by Crippen LogP contribution is -2.02. The Kier molecular flexibility index (Phi) is 3.33. The molecule has 3 aromatic rings. The maximum absolute atomic E-state index is 13.8. The van der Waals surface area contributed by atoms with Crippen LogP contribution >= 0.6 is 34.2 Å². The highest BCUT2D eigenvalue weighted by molar-refractivity contribution is 14.1. The van der Waals surface area contributed by atoms with Crippen LogP contribution in [0.15, 0.2) is 30.3 Å². The number of fused-ring (bicyclic) bond motifs is 1. The van der Waals surface area contributed by atoms with Gasteiger partial charge in [0.15, 0.2) is 0 Å². The van der Waals surface area contributed by atoms with Gasteiger partial charge in [-0.3, -0.25) is 4.57 Å². The molecule has 2 N–H and O–H groups in total. The van der Waals surface area contributed by atoms with Gasteiger partial charge in [0, 0.05) is 11.1 Å². The SMILES string of the molecule is Cc1c(Cl)cccc1-n1c(N)nc2cc(I)c(F)cc21. The van der Waals surface area contributed by atoms with Crippen LogP contribution in [0.2, 0.25) is 5.02 Å². The number of rotatable bonds is 1. The maximum Gasteiger partial charge on any atom is 0.205 e. The van der Waals surface area contributed by atoms with Gasteiger partial charge in [-0.2, -0.15) is 0 Å². The van der Waals surface area contributed by atoms with Gasteiger partial charge < -0.3 is 5.73 Å². The molecule has 3 nitrogen and oxygen atoms in total. The van der Waals surface area contributed by atoms with Crippen molar-refractivity contribution in [3.8, 4) is 5.69 Å². The van der Waals surface area contributed by atoms with Gasteiger partial charge in [-0.25, -0.2) is 9.37 Å². The quantitative estimate of drug-likeness (QED) is 0.618. The summed E-state index contributed by atoms with van der Waals surface area (Å²) in [5.41, 5.74) is 8.96.